The summed E-state index contributed by atoms with van der Waals surface area (Å²) < 4.78 is 24.9. The number of carboxylic acid groups (broad SMARTS) is 1. The van der Waals surface area contributed by atoms with Crippen molar-refractivity contribution in [2.75, 3.05) is 11.9 Å². The van der Waals surface area contributed by atoms with Gasteiger partial charge in [-0.1, -0.05) is 26.0 Å². The molecule has 0 aliphatic carbocycles. The summed E-state index contributed by atoms with van der Waals surface area (Å²) in [6, 6.07) is 13.7. The molecular formula is C24H23FN2O5. The van der Waals surface area contributed by atoms with E-state index in [2.05, 4.69) is 10.3 Å². The van der Waals surface area contributed by atoms with Crippen molar-refractivity contribution in [1.82, 2.24) is 4.98 Å². The summed E-state index contributed by atoms with van der Waals surface area (Å²) in [5.41, 5.74) is 0.891. The summed E-state index contributed by atoms with van der Waals surface area (Å²) in [6.45, 7) is 4.52. The second-order valence-corrected chi connectivity index (χ2v) is 7.47. The van der Waals surface area contributed by atoms with Crippen LogP contribution in [0, 0.1) is 11.7 Å². The van der Waals surface area contributed by atoms with Crippen molar-refractivity contribution in [3.8, 4) is 11.5 Å². The van der Waals surface area contributed by atoms with E-state index in [9.17, 15) is 14.0 Å². The van der Waals surface area contributed by atoms with Crippen molar-refractivity contribution in [2.45, 2.75) is 20.5 Å². The maximum atomic E-state index is 13.4. The summed E-state index contributed by atoms with van der Waals surface area (Å²) >= 11 is 0. The van der Waals surface area contributed by atoms with Crippen molar-refractivity contribution in [3.63, 3.8) is 0 Å². The molecule has 1 heterocycles. The number of carbonyl (C=O) groups is 2. The fourth-order valence-electron chi connectivity index (χ4n) is 2.73. The minimum Gasteiger partial charge on any atom is -0.492 e. The summed E-state index contributed by atoms with van der Waals surface area (Å²) in [5.74, 6) is -0.730. The second-order valence-electron chi connectivity index (χ2n) is 7.47. The first-order valence-corrected chi connectivity index (χ1v) is 9.96. The Morgan fingerprint density at radius 1 is 1.09 bits per heavy atom. The van der Waals surface area contributed by atoms with Crippen molar-refractivity contribution in [3.05, 3.63) is 83.3 Å². The maximum Gasteiger partial charge on any atom is 0.337 e. The van der Waals surface area contributed by atoms with Crippen LogP contribution in [0.3, 0.4) is 0 Å². The number of hydrogen-bond donors (Lipinski definition) is 2. The monoisotopic (exact) mass is 438 g/mol. The smallest absolute Gasteiger partial charge is 0.337 e. The van der Waals surface area contributed by atoms with E-state index in [1.165, 1.54) is 30.3 Å². The molecule has 3 aromatic rings. The van der Waals surface area contributed by atoms with Crippen molar-refractivity contribution >= 4 is 17.7 Å². The van der Waals surface area contributed by atoms with E-state index in [0.29, 0.717) is 23.7 Å². The van der Waals surface area contributed by atoms with E-state index in [0.717, 1.165) is 6.20 Å². The Bertz CT molecular complexity index is 1100. The zero-order valence-corrected chi connectivity index (χ0v) is 17.7. The number of aromatic carboxylic acids is 1. The Balaban J connectivity index is 1.80. The standard InChI is InChI=1S/C24H23FN2O5/c1-15(2)13-32-21-8-7-19(31-14-16-4-3-5-18(25)10-16)11-20(21)23(28)27-22-9-6-17(12-26-22)24(29)30/h3-12,15H,13-14H2,1-2H3,(H,29,30)(H,26,27,28). The van der Waals surface area contributed by atoms with Gasteiger partial charge in [-0.15, -0.1) is 0 Å². The van der Waals surface area contributed by atoms with Gasteiger partial charge in [0.1, 0.15) is 29.7 Å². The van der Waals surface area contributed by atoms with E-state index < -0.39 is 11.9 Å². The van der Waals surface area contributed by atoms with Crippen LogP contribution in [0.5, 0.6) is 11.5 Å². The minimum absolute atomic E-state index is 0.0108. The van der Waals surface area contributed by atoms with E-state index in [1.807, 2.05) is 13.8 Å². The first-order chi connectivity index (χ1) is 15.3. The van der Waals surface area contributed by atoms with E-state index in [1.54, 1.807) is 24.3 Å². The van der Waals surface area contributed by atoms with Gasteiger partial charge in [0.05, 0.1) is 17.7 Å². The summed E-state index contributed by atoms with van der Waals surface area (Å²) in [7, 11) is 0. The number of anilines is 1. The minimum atomic E-state index is -1.11. The molecular weight excluding hydrogens is 415 g/mol. The molecule has 3 rings (SSSR count). The number of rotatable bonds is 9. The molecule has 0 spiro atoms. The highest BCUT2D eigenvalue weighted by Gasteiger charge is 2.16. The van der Waals surface area contributed by atoms with Gasteiger partial charge in [-0.25, -0.2) is 14.2 Å². The Kier molecular flexibility index (Phi) is 7.38. The number of nitrogens with one attached hydrogen (secondary N) is 1. The van der Waals surface area contributed by atoms with Crippen LogP contribution >= 0.6 is 0 Å². The molecule has 166 valence electrons. The predicted octanol–water partition coefficient (Wildman–Crippen LogP) is 4.79. The zero-order valence-electron chi connectivity index (χ0n) is 17.7. The van der Waals surface area contributed by atoms with Gasteiger partial charge < -0.3 is 19.9 Å². The number of carboxylic acids is 1. The van der Waals surface area contributed by atoms with E-state index in [-0.39, 0.29) is 35.3 Å². The number of halogens is 1. The number of nitrogens with zero attached hydrogens (tertiary/aromatic N) is 1. The zero-order chi connectivity index (χ0) is 23.1. The third-order valence-corrected chi connectivity index (χ3v) is 4.31. The van der Waals surface area contributed by atoms with E-state index >= 15 is 0 Å². The van der Waals surface area contributed by atoms with Gasteiger partial charge in [-0.3, -0.25) is 4.79 Å². The topological polar surface area (TPSA) is 97.8 Å². The maximum absolute atomic E-state index is 13.4. The molecule has 0 saturated heterocycles. The van der Waals surface area contributed by atoms with Gasteiger partial charge in [0.25, 0.3) is 5.91 Å². The van der Waals surface area contributed by atoms with Crippen molar-refractivity contribution in [1.29, 1.82) is 0 Å². The summed E-state index contributed by atoms with van der Waals surface area (Å²) in [4.78, 5) is 27.8. The molecule has 8 heteroatoms. The third kappa shape index (κ3) is 6.28. The first-order valence-electron chi connectivity index (χ1n) is 9.96. The second kappa shape index (κ2) is 10.4. The third-order valence-electron chi connectivity index (χ3n) is 4.31. The van der Waals surface area contributed by atoms with Crippen LogP contribution < -0.4 is 14.8 Å². The van der Waals surface area contributed by atoms with E-state index in [4.69, 9.17) is 14.6 Å². The van der Waals surface area contributed by atoms with Crippen LogP contribution in [-0.4, -0.2) is 28.6 Å². The van der Waals surface area contributed by atoms with Crippen LogP contribution in [0.2, 0.25) is 0 Å². The Morgan fingerprint density at radius 3 is 2.56 bits per heavy atom. The van der Waals surface area contributed by atoms with Crippen LogP contribution in [0.15, 0.2) is 60.8 Å². The Morgan fingerprint density at radius 2 is 1.91 bits per heavy atom. The lowest BCUT2D eigenvalue weighted by molar-refractivity contribution is 0.0696. The highest BCUT2D eigenvalue weighted by atomic mass is 19.1. The average molecular weight is 438 g/mol. The molecule has 0 radical (unpaired) electrons. The number of pyridine rings is 1. The molecule has 0 atom stereocenters. The lowest BCUT2D eigenvalue weighted by atomic mass is 10.1. The van der Waals surface area contributed by atoms with Gasteiger partial charge in [0.15, 0.2) is 0 Å². The molecule has 0 aliphatic heterocycles. The average Bonchev–Trinajstić information content (AvgIpc) is 2.77. The van der Waals surface area contributed by atoms with Crippen molar-refractivity contribution in [2.24, 2.45) is 5.92 Å². The van der Waals surface area contributed by atoms with Gasteiger partial charge in [-0.05, 0) is 53.9 Å². The molecule has 2 N–H and O–H groups in total. The van der Waals surface area contributed by atoms with Gasteiger partial charge in [0, 0.05) is 6.20 Å². The van der Waals surface area contributed by atoms with Crippen LogP contribution in [0.25, 0.3) is 0 Å². The van der Waals surface area contributed by atoms with Crippen molar-refractivity contribution < 1.29 is 28.6 Å². The van der Waals surface area contributed by atoms with Gasteiger partial charge in [0.2, 0.25) is 0 Å². The lowest BCUT2D eigenvalue weighted by Crippen LogP contribution is -2.16. The molecule has 0 aliphatic rings. The number of hydrogen-bond acceptors (Lipinski definition) is 5. The van der Waals surface area contributed by atoms with Crippen LogP contribution in [-0.2, 0) is 6.61 Å². The largest absolute Gasteiger partial charge is 0.492 e. The fourth-order valence-corrected chi connectivity index (χ4v) is 2.73. The summed E-state index contributed by atoms with van der Waals surface area (Å²) in [5, 5.41) is 11.6. The molecule has 32 heavy (non-hydrogen) atoms. The highest BCUT2D eigenvalue weighted by molar-refractivity contribution is 6.06. The number of carbonyl (C=O) groups excluding carboxylic acids is 1. The van der Waals surface area contributed by atoms with Gasteiger partial charge in [-0.2, -0.15) is 0 Å². The number of amides is 1. The summed E-state index contributed by atoms with van der Waals surface area (Å²) in [6.07, 6.45) is 1.16. The molecule has 0 fully saturated rings. The lowest BCUT2D eigenvalue weighted by Gasteiger charge is -2.15. The Hall–Kier alpha value is -3.94. The first kappa shape index (κ1) is 22.7. The highest BCUT2D eigenvalue weighted by Crippen LogP contribution is 2.26. The quantitative estimate of drug-likeness (QED) is 0.499. The number of benzene rings is 2. The normalized spacial score (nSPS) is 10.6. The van der Waals surface area contributed by atoms with Crippen LogP contribution in [0.1, 0.15) is 40.1 Å². The molecule has 2 aromatic carbocycles. The predicted molar refractivity (Wildman–Crippen MR) is 117 cm³/mol. The number of aromatic nitrogens is 1. The molecule has 0 bridgehead atoms. The Labute approximate surface area is 184 Å². The number of ether oxygens (including phenoxy) is 2. The van der Waals surface area contributed by atoms with Crippen LogP contribution in [0.4, 0.5) is 10.2 Å². The fraction of sp³-hybridized carbons (Fsp3) is 0.208. The molecule has 0 unspecified atom stereocenters. The SMILES string of the molecule is CC(C)COc1ccc(OCc2cccc(F)c2)cc1C(=O)Nc1ccc(C(=O)O)cn1. The molecule has 7 nitrogen and oxygen atoms in total. The molecule has 1 amide bonds. The molecule has 1 aromatic heterocycles. The molecule has 0 saturated carbocycles. The van der Waals surface area contributed by atoms with Gasteiger partial charge >= 0.3 is 5.97 Å².